The molecule has 0 bridgehead atoms. The molecular formula is C24H32N8. The predicted octanol–water partition coefficient (Wildman–Crippen LogP) is 4.50. The summed E-state index contributed by atoms with van der Waals surface area (Å²) >= 11 is 0. The first kappa shape index (κ1) is 21.9. The smallest absolute Gasteiger partial charge is 0.221 e. The van der Waals surface area contributed by atoms with Crippen LogP contribution in [-0.2, 0) is 24.8 Å². The Morgan fingerprint density at radius 1 is 0.938 bits per heavy atom. The molecule has 0 aliphatic rings. The third-order valence-corrected chi connectivity index (χ3v) is 5.49. The van der Waals surface area contributed by atoms with Gasteiger partial charge in [0.25, 0.3) is 0 Å². The zero-order chi connectivity index (χ0) is 22.7. The maximum Gasteiger partial charge on any atom is 0.221 e. The summed E-state index contributed by atoms with van der Waals surface area (Å²) in [5, 5.41) is 19.4. The minimum atomic E-state index is -0.0356. The minimum absolute atomic E-state index is 0.0356. The average molecular weight is 433 g/mol. The number of aryl methyl sites for hydroxylation is 2. The number of rotatable bonds is 8. The fourth-order valence-electron chi connectivity index (χ4n) is 3.96. The Hall–Kier alpha value is -3.29. The summed E-state index contributed by atoms with van der Waals surface area (Å²) in [4.78, 5) is 4.75. The van der Waals surface area contributed by atoms with Crippen LogP contribution in [0.3, 0.4) is 0 Å². The van der Waals surface area contributed by atoms with Gasteiger partial charge in [-0.2, -0.15) is 10.3 Å². The number of hydrogen-bond acceptors (Lipinski definition) is 5. The van der Waals surface area contributed by atoms with Crippen LogP contribution in [0.15, 0.2) is 36.4 Å². The Balaban J connectivity index is 1.66. The van der Waals surface area contributed by atoms with E-state index < -0.39 is 0 Å². The van der Waals surface area contributed by atoms with E-state index in [4.69, 9.17) is 10.1 Å². The van der Waals surface area contributed by atoms with Gasteiger partial charge < -0.3 is 4.57 Å². The van der Waals surface area contributed by atoms with Gasteiger partial charge in [0.1, 0.15) is 5.82 Å². The maximum absolute atomic E-state index is 4.75. The molecule has 0 atom stereocenters. The molecule has 3 aromatic heterocycles. The van der Waals surface area contributed by atoms with Crippen LogP contribution in [0.2, 0.25) is 0 Å². The number of aromatic amines is 1. The van der Waals surface area contributed by atoms with Crippen molar-refractivity contribution in [1.29, 1.82) is 0 Å². The number of nitrogens with one attached hydrogen (secondary N) is 1. The zero-order valence-corrected chi connectivity index (χ0v) is 19.6. The zero-order valence-electron chi connectivity index (χ0n) is 19.6. The summed E-state index contributed by atoms with van der Waals surface area (Å²) in [5.41, 5.74) is 4.34. The highest BCUT2D eigenvalue weighted by molar-refractivity contribution is 5.57. The fraction of sp³-hybridized carbons (Fsp3) is 0.458. The van der Waals surface area contributed by atoms with Crippen molar-refractivity contribution in [3.05, 3.63) is 59.3 Å². The first-order chi connectivity index (χ1) is 15.4. The van der Waals surface area contributed by atoms with Crippen LogP contribution in [0, 0.1) is 0 Å². The molecule has 0 saturated carbocycles. The maximum atomic E-state index is 4.75. The van der Waals surface area contributed by atoms with E-state index in [1.54, 1.807) is 0 Å². The second kappa shape index (κ2) is 9.06. The summed E-state index contributed by atoms with van der Waals surface area (Å²) in [5.74, 6) is 2.60. The largest absolute Gasteiger partial charge is 0.310 e. The topological polar surface area (TPSA) is 90.1 Å². The van der Waals surface area contributed by atoms with Crippen LogP contribution in [0.5, 0.6) is 0 Å². The Morgan fingerprint density at radius 3 is 2.31 bits per heavy atom. The van der Waals surface area contributed by atoms with Crippen molar-refractivity contribution < 1.29 is 0 Å². The summed E-state index contributed by atoms with van der Waals surface area (Å²) in [6.45, 7) is 11.7. The summed E-state index contributed by atoms with van der Waals surface area (Å²) < 4.78 is 4.27. The number of nitrogens with zero attached hydrogens (tertiary/aromatic N) is 7. The molecule has 0 aliphatic carbocycles. The number of benzene rings is 1. The molecule has 0 radical (unpaired) electrons. The van der Waals surface area contributed by atoms with E-state index in [0.717, 1.165) is 55.3 Å². The van der Waals surface area contributed by atoms with Gasteiger partial charge in [0.05, 0.1) is 12.2 Å². The lowest BCUT2D eigenvalue weighted by Crippen LogP contribution is -2.17. The normalized spacial score (nSPS) is 11.9. The van der Waals surface area contributed by atoms with Gasteiger partial charge in [0.15, 0.2) is 5.82 Å². The van der Waals surface area contributed by atoms with Crippen LogP contribution >= 0.6 is 0 Å². The summed E-state index contributed by atoms with van der Waals surface area (Å²) in [6, 6.07) is 12.8. The van der Waals surface area contributed by atoms with Crippen LogP contribution in [0.4, 0.5) is 0 Å². The fourth-order valence-corrected chi connectivity index (χ4v) is 3.96. The third-order valence-electron chi connectivity index (χ3n) is 5.49. The van der Waals surface area contributed by atoms with Crippen molar-refractivity contribution in [2.24, 2.45) is 0 Å². The number of hydrogen-bond donors (Lipinski definition) is 1. The van der Waals surface area contributed by atoms with Crippen LogP contribution < -0.4 is 0 Å². The SMILES string of the molecule is CCCc1nc(CCC)n(Cc2ccc(-n3c(-c4nn[nH]n4)ccc3C(C)(C)C)cc2)n1. The van der Waals surface area contributed by atoms with E-state index in [1.165, 1.54) is 11.3 Å². The molecule has 3 heterocycles. The molecule has 1 aromatic carbocycles. The van der Waals surface area contributed by atoms with E-state index in [1.807, 2.05) is 0 Å². The number of H-pyrrole nitrogens is 1. The molecule has 8 heteroatoms. The second-order valence-electron chi connectivity index (χ2n) is 9.19. The van der Waals surface area contributed by atoms with Gasteiger partial charge in [-0.15, -0.1) is 10.2 Å². The standard InChI is InChI=1S/C24H32N8/c1-6-8-21-25-22(9-7-2)31(28-21)16-17-10-12-18(13-11-17)32-19(23-26-29-30-27-23)14-15-20(32)24(3,4)5/h10-15H,6-9,16H2,1-5H3,(H,26,27,29,30). The molecule has 0 aliphatic heterocycles. The van der Waals surface area contributed by atoms with Gasteiger partial charge in [0, 0.05) is 29.6 Å². The lowest BCUT2D eigenvalue weighted by Gasteiger charge is -2.23. The van der Waals surface area contributed by atoms with E-state index in [-0.39, 0.29) is 5.41 Å². The highest BCUT2D eigenvalue weighted by Crippen LogP contribution is 2.31. The van der Waals surface area contributed by atoms with Gasteiger partial charge in [-0.3, -0.25) is 0 Å². The Labute approximate surface area is 189 Å². The molecule has 0 spiro atoms. The van der Waals surface area contributed by atoms with Gasteiger partial charge in [0.2, 0.25) is 5.82 Å². The Kier molecular flexibility index (Phi) is 6.21. The Morgan fingerprint density at radius 2 is 1.69 bits per heavy atom. The number of aromatic nitrogens is 8. The van der Waals surface area contributed by atoms with Crippen molar-refractivity contribution >= 4 is 0 Å². The van der Waals surface area contributed by atoms with E-state index in [2.05, 4.69) is 101 Å². The highest BCUT2D eigenvalue weighted by Gasteiger charge is 2.23. The van der Waals surface area contributed by atoms with E-state index in [9.17, 15) is 0 Å². The van der Waals surface area contributed by atoms with Gasteiger partial charge in [-0.1, -0.05) is 46.8 Å². The molecule has 4 aromatic rings. The molecule has 0 unspecified atom stereocenters. The van der Waals surface area contributed by atoms with Crippen molar-refractivity contribution in [2.75, 3.05) is 0 Å². The number of tetrazole rings is 1. The Bertz CT molecular complexity index is 1140. The second-order valence-corrected chi connectivity index (χ2v) is 9.19. The van der Waals surface area contributed by atoms with Crippen molar-refractivity contribution in [3.8, 4) is 17.2 Å². The van der Waals surface area contributed by atoms with Crippen LogP contribution in [0.25, 0.3) is 17.2 Å². The summed E-state index contributed by atoms with van der Waals surface area (Å²) in [7, 11) is 0. The third kappa shape index (κ3) is 4.49. The molecule has 32 heavy (non-hydrogen) atoms. The average Bonchev–Trinajstić information content (AvgIpc) is 3.48. The van der Waals surface area contributed by atoms with Crippen LogP contribution in [0.1, 0.15) is 70.4 Å². The summed E-state index contributed by atoms with van der Waals surface area (Å²) in [6.07, 6.45) is 3.98. The first-order valence-corrected chi connectivity index (χ1v) is 11.4. The predicted molar refractivity (Wildman–Crippen MR) is 125 cm³/mol. The first-order valence-electron chi connectivity index (χ1n) is 11.4. The van der Waals surface area contributed by atoms with E-state index in [0.29, 0.717) is 5.82 Å². The quantitative estimate of drug-likeness (QED) is 0.443. The lowest BCUT2D eigenvalue weighted by molar-refractivity contribution is 0.557. The molecule has 168 valence electrons. The van der Waals surface area contributed by atoms with Crippen molar-refractivity contribution in [1.82, 2.24) is 40.0 Å². The molecule has 1 N–H and O–H groups in total. The molecule has 4 rings (SSSR count). The van der Waals surface area contributed by atoms with Crippen LogP contribution in [-0.4, -0.2) is 40.0 Å². The van der Waals surface area contributed by atoms with Gasteiger partial charge in [-0.05, 0) is 47.9 Å². The van der Waals surface area contributed by atoms with Crippen molar-refractivity contribution in [2.45, 2.75) is 72.3 Å². The van der Waals surface area contributed by atoms with Gasteiger partial charge >= 0.3 is 0 Å². The molecule has 0 amide bonds. The van der Waals surface area contributed by atoms with Gasteiger partial charge in [-0.25, -0.2) is 9.67 Å². The van der Waals surface area contributed by atoms with Crippen molar-refractivity contribution in [3.63, 3.8) is 0 Å². The molecule has 0 fully saturated rings. The molecule has 0 saturated heterocycles. The molecule has 8 nitrogen and oxygen atoms in total. The van der Waals surface area contributed by atoms with E-state index >= 15 is 0 Å². The highest BCUT2D eigenvalue weighted by atomic mass is 15.5. The minimum Gasteiger partial charge on any atom is -0.310 e. The monoisotopic (exact) mass is 432 g/mol. The lowest BCUT2D eigenvalue weighted by atomic mass is 9.92. The molecular weight excluding hydrogens is 400 g/mol.